The van der Waals surface area contributed by atoms with Crippen LogP contribution >= 0.6 is 0 Å². The number of hydrogen-bond donors (Lipinski definition) is 0. The molecule has 0 rings (SSSR count). The van der Waals surface area contributed by atoms with Crippen molar-refractivity contribution in [2.75, 3.05) is 21.1 Å². The van der Waals surface area contributed by atoms with Crippen LogP contribution in [0.15, 0.2) is 0 Å². The fraction of sp³-hybridized carbons (Fsp3) is 0.833. The normalized spacial score (nSPS) is 15.5. The van der Waals surface area contributed by atoms with Crippen molar-refractivity contribution in [1.82, 2.24) is 0 Å². The fourth-order valence-electron chi connectivity index (χ4n) is 0.183. The van der Waals surface area contributed by atoms with Crippen molar-refractivity contribution in [3.05, 3.63) is 0 Å². The first-order valence-corrected chi connectivity index (χ1v) is 2.75. The van der Waals surface area contributed by atoms with Gasteiger partial charge in [-0.25, -0.2) is 0 Å². The summed E-state index contributed by atoms with van der Waals surface area (Å²) in [5, 5.41) is 0. The third-order valence-electron chi connectivity index (χ3n) is 1.42. The minimum atomic E-state index is 0.106. The maximum Gasteiger partial charge on any atom is 0.176 e. The molecule has 0 amide bonds. The van der Waals surface area contributed by atoms with Crippen LogP contribution in [-0.4, -0.2) is 38.0 Å². The summed E-state index contributed by atoms with van der Waals surface area (Å²) >= 11 is 0. The number of aldehydes is 1. The lowest BCUT2D eigenvalue weighted by molar-refractivity contribution is -0.883. The molecule has 0 radical (unpaired) electrons. The van der Waals surface area contributed by atoms with E-state index in [1.807, 2.05) is 28.1 Å². The highest BCUT2D eigenvalue weighted by molar-refractivity contribution is 5.54. The van der Waals surface area contributed by atoms with E-state index in [0.29, 0.717) is 4.48 Å². The van der Waals surface area contributed by atoms with Crippen molar-refractivity contribution in [1.29, 1.82) is 0 Å². The monoisotopic (exact) mass is 116 g/mol. The van der Waals surface area contributed by atoms with Gasteiger partial charge in [0.25, 0.3) is 0 Å². The number of likely N-dealkylation sites (N-methyl/N-ethyl adjacent to an activating group) is 1. The molecule has 0 saturated heterocycles. The highest BCUT2D eigenvalue weighted by atomic mass is 16.1. The highest BCUT2D eigenvalue weighted by Crippen LogP contribution is 1.96. The number of carbonyl (C=O) groups excluding carboxylic acids is 1. The zero-order valence-electron chi connectivity index (χ0n) is 6.01. The average molecular weight is 116 g/mol. The fourth-order valence-corrected chi connectivity index (χ4v) is 0.183. The van der Waals surface area contributed by atoms with Gasteiger partial charge in [0.1, 0.15) is 6.04 Å². The first-order valence-electron chi connectivity index (χ1n) is 2.75. The largest absolute Gasteiger partial charge is 0.323 e. The molecule has 0 N–H and O–H groups in total. The molecule has 1 atom stereocenters. The van der Waals surface area contributed by atoms with E-state index in [-0.39, 0.29) is 6.04 Å². The Morgan fingerprint density at radius 1 is 1.38 bits per heavy atom. The molecule has 0 aromatic carbocycles. The molecule has 0 aliphatic carbocycles. The summed E-state index contributed by atoms with van der Waals surface area (Å²) in [6, 6.07) is 0.106. The highest BCUT2D eigenvalue weighted by Gasteiger charge is 2.15. The van der Waals surface area contributed by atoms with Crippen molar-refractivity contribution in [2.45, 2.75) is 13.0 Å². The molecule has 0 aliphatic rings. The summed E-state index contributed by atoms with van der Waals surface area (Å²) in [7, 11) is 6.00. The molecule has 0 heterocycles. The van der Waals surface area contributed by atoms with Crippen molar-refractivity contribution in [3.63, 3.8) is 0 Å². The van der Waals surface area contributed by atoms with Crippen LogP contribution in [0.3, 0.4) is 0 Å². The molecule has 1 unspecified atom stereocenters. The lowest BCUT2D eigenvalue weighted by Gasteiger charge is -2.27. The summed E-state index contributed by atoms with van der Waals surface area (Å²) in [6.45, 7) is 1.91. The summed E-state index contributed by atoms with van der Waals surface area (Å²) in [5.74, 6) is 0. The molecule has 0 aliphatic heterocycles. The zero-order valence-corrected chi connectivity index (χ0v) is 6.01. The van der Waals surface area contributed by atoms with E-state index in [0.717, 1.165) is 6.29 Å². The third kappa shape index (κ3) is 2.07. The lowest BCUT2D eigenvalue weighted by atomic mass is 10.3. The topological polar surface area (TPSA) is 17.1 Å². The zero-order chi connectivity index (χ0) is 6.78. The van der Waals surface area contributed by atoms with Gasteiger partial charge in [0.2, 0.25) is 0 Å². The van der Waals surface area contributed by atoms with Gasteiger partial charge in [0.05, 0.1) is 21.1 Å². The Morgan fingerprint density at radius 2 is 1.75 bits per heavy atom. The van der Waals surface area contributed by atoms with E-state index >= 15 is 0 Å². The first kappa shape index (κ1) is 7.63. The van der Waals surface area contributed by atoms with Crippen molar-refractivity contribution in [2.24, 2.45) is 0 Å². The Hall–Kier alpha value is -0.370. The number of quaternary nitrogens is 1. The Morgan fingerprint density at radius 3 is 1.75 bits per heavy atom. The van der Waals surface area contributed by atoms with Gasteiger partial charge < -0.3 is 4.48 Å². The van der Waals surface area contributed by atoms with E-state index in [1.54, 1.807) is 0 Å². The molecule has 0 aromatic heterocycles. The second-order valence-electron chi connectivity index (χ2n) is 2.99. The predicted octanol–water partition coefficient (Wildman–Crippen LogP) is 0.280. The van der Waals surface area contributed by atoms with Gasteiger partial charge >= 0.3 is 0 Å². The van der Waals surface area contributed by atoms with Gasteiger partial charge in [0, 0.05) is 0 Å². The molecule has 0 bridgehead atoms. The van der Waals surface area contributed by atoms with Crippen LogP contribution in [0.2, 0.25) is 0 Å². The van der Waals surface area contributed by atoms with Crippen LogP contribution in [0.4, 0.5) is 0 Å². The Labute approximate surface area is 50.7 Å². The Kier molecular flexibility index (Phi) is 2.16. The smallest absolute Gasteiger partial charge is 0.176 e. The Balaban J connectivity index is 3.80. The molecule has 0 spiro atoms. The standard InChI is InChI=1S/C6H14NO/c1-6(5-8)7(2,3)4/h5-6H,1-4H3/q+1. The van der Waals surface area contributed by atoms with Crippen LogP contribution in [0.5, 0.6) is 0 Å². The van der Waals surface area contributed by atoms with Gasteiger partial charge in [0.15, 0.2) is 6.29 Å². The van der Waals surface area contributed by atoms with Crippen LogP contribution < -0.4 is 0 Å². The van der Waals surface area contributed by atoms with Gasteiger partial charge in [-0.3, -0.25) is 4.79 Å². The summed E-state index contributed by atoms with van der Waals surface area (Å²) in [4.78, 5) is 10.1. The van der Waals surface area contributed by atoms with Gasteiger partial charge in [-0.1, -0.05) is 0 Å². The van der Waals surface area contributed by atoms with Crippen molar-refractivity contribution < 1.29 is 9.28 Å². The molecule has 2 nitrogen and oxygen atoms in total. The SMILES string of the molecule is CC(C=O)[N+](C)(C)C. The van der Waals surface area contributed by atoms with E-state index in [2.05, 4.69) is 0 Å². The van der Waals surface area contributed by atoms with Crippen molar-refractivity contribution in [3.8, 4) is 0 Å². The molecule has 0 saturated carbocycles. The molecule has 2 heteroatoms. The van der Waals surface area contributed by atoms with E-state index in [9.17, 15) is 4.79 Å². The summed E-state index contributed by atoms with van der Waals surface area (Å²) in [5.41, 5.74) is 0. The minimum absolute atomic E-state index is 0.106. The number of nitrogens with zero attached hydrogens (tertiary/aromatic N) is 1. The molecule has 8 heavy (non-hydrogen) atoms. The predicted molar refractivity (Wildman–Crippen MR) is 33.6 cm³/mol. The molecule has 0 aromatic rings. The van der Waals surface area contributed by atoms with Gasteiger partial charge in [-0.05, 0) is 6.92 Å². The quantitative estimate of drug-likeness (QED) is 0.374. The lowest BCUT2D eigenvalue weighted by Crippen LogP contribution is -2.43. The van der Waals surface area contributed by atoms with Crippen LogP contribution in [0.1, 0.15) is 6.92 Å². The van der Waals surface area contributed by atoms with Gasteiger partial charge in [-0.2, -0.15) is 0 Å². The summed E-state index contributed by atoms with van der Waals surface area (Å²) < 4.78 is 0.712. The number of hydrogen-bond acceptors (Lipinski definition) is 1. The number of carbonyl (C=O) groups is 1. The van der Waals surface area contributed by atoms with Crippen molar-refractivity contribution >= 4 is 6.29 Å². The van der Waals surface area contributed by atoms with Crippen LogP contribution in [-0.2, 0) is 4.79 Å². The van der Waals surface area contributed by atoms with E-state index in [4.69, 9.17) is 0 Å². The first-order chi connectivity index (χ1) is 3.48. The third-order valence-corrected chi connectivity index (χ3v) is 1.42. The molecular weight excluding hydrogens is 102 g/mol. The second-order valence-corrected chi connectivity index (χ2v) is 2.99. The average Bonchev–Trinajstić information content (AvgIpc) is 1.62. The molecule has 48 valence electrons. The number of rotatable bonds is 2. The maximum atomic E-state index is 10.1. The Bertz CT molecular complexity index is 83.0. The molecular formula is C6H14NO+. The van der Waals surface area contributed by atoms with Crippen LogP contribution in [0.25, 0.3) is 0 Å². The van der Waals surface area contributed by atoms with E-state index < -0.39 is 0 Å². The van der Waals surface area contributed by atoms with Gasteiger partial charge in [-0.15, -0.1) is 0 Å². The molecule has 0 fully saturated rings. The summed E-state index contributed by atoms with van der Waals surface area (Å²) in [6.07, 6.45) is 0.972. The van der Waals surface area contributed by atoms with E-state index in [1.165, 1.54) is 0 Å². The van der Waals surface area contributed by atoms with Crippen LogP contribution in [0, 0.1) is 0 Å². The second kappa shape index (κ2) is 2.27. The minimum Gasteiger partial charge on any atom is -0.323 e. The maximum absolute atomic E-state index is 10.1.